The minimum Gasteiger partial charge on any atom is -0.327 e. The lowest BCUT2D eigenvalue weighted by Gasteiger charge is -2.30. The van der Waals surface area contributed by atoms with Crippen LogP contribution in [0.15, 0.2) is 28.7 Å². The van der Waals surface area contributed by atoms with Crippen LogP contribution >= 0.6 is 15.9 Å². The third-order valence-corrected chi connectivity index (χ3v) is 3.70. The standard InChI is InChI=1S/C13H19BrN2/c14-12-5-3-11(4-6-12)7-9-16-8-1-2-13(15)10-16/h3-6,13H,1-2,7-10,15H2. The highest BCUT2D eigenvalue weighted by molar-refractivity contribution is 9.10. The number of nitrogens with two attached hydrogens (primary N) is 1. The Morgan fingerprint density at radius 1 is 1.31 bits per heavy atom. The molecule has 1 unspecified atom stereocenters. The van der Waals surface area contributed by atoms with Crippen LogP contribution in [0, 0.1) is 0 Å². The molecular formula is C13H19BrN2. The monoisotopic (exact) mass is 282 g/mol. The number of rotatable bonds is 3. The Hall–Kier alpha value is -0.380. The second-order valence-electron chi connectivity index (χ2n) is 4.58. The first-order chi connectivity index (χ1) is 7.74. The zero-order valence-corrected chi connectivity index (χ0v) is 11.1. The molecule has 16 heavy (non-hydrogen) atoms. The van der Waals surface area contributed by atoms with Crippen LogP contribution in [0.25, 0.3) is 0 Å². The van der Waals surface area contributed by atoms with E-state index < -0.39 is 0 Å². The molecule has 1 aromatic rings. The Morgan fingerprint density at radius 3 is 2.75 bits per heavy atom. The van der Waals surface area contributed by atoms with Crippen LogP contribution < -0.4 is 5.73 Å². The normalized spacial score (nSPS) is 22.2. The molecule has 0 spiro atoms. The van der Waals surface area contributed by atoms with Crippen LogP contribution in [0.4, 0.5) is 0 Å². The van der Waals surface area contributed by atoms with Crippen LogP contribution in [-0.4, -0.2) is 30.6 Å². The van der Waals surface area contributed by atoms with E-state index in [0.717, 1.165) is 24.0 Å². The summed E-state index contributed by atoms with van der Waals surface area (Å²) in [6.45, 7) is 3.41. The first-order valence-electron chi connectivity index (χ1n) is 5.96. The summed E-state index contributed by atoms with van der Waals surface area (Å²) >= 11 is 3.45. The van der Waals surface area contributed by atoms with Gasteiger partial charge in [-0.2, -0.15) is 0 Å². The highest BCUT2D eigenvalue weighted by Gasteiger charge is 2.15. The number of nitrogens with zero attached hydrogens (tertiary/aromatic N) is 1. The molecule has 0 saturated carbocycles. The van der Waals surface area contributed by atoms with Gasteiger partial charge in [-0.25, -0.2) is 0 Å². The average Bonchev–Trinajstić information content (AvgIpc) is 2.28. The lowest BCUT2D eigenvalue weighted by atomic mass is 10.1. The topological polar surface area (TPSA) is 29.3 Å². The zero-order valence-electron chi connectivity index (χ0n) is 9.53. The van der Waals surface area contributed by atoms with Crippen molar-refractivity contribution in [2.75, 3.05) is 19.6 Å². The third kappa shape index (κ3) is 3.58. The van der Waals surface area contributed by atoms with Gasteiger partial charge in [-0.3, -0.25) is 0 Å². The third-order valence-electron chi connectivity index (χ3n) is 3.17. The second kappa shape index (κ2) is 5.80. The summed E-state index contributed by atoms with van der Waals surface area (Å²) in [6.07, 6.45) is 3.57. The van der Waals surface area contributed by atoms with Crippen molar-refractivity contribution >= 4 is 15.9 Å². The lowest BCUT2D eigenvalue weighted by Crippen LogP contribution is -2.43. The number of hydrogen-bond acceptors (Lipinski definition) is 2. The molecule has 2 N–H and O–H groups in total. The molecule has 3 heteroatoms. The van der Waals surface area contributed by atoms with Crippen molar-refractivity contribution in [3.63, 3.8) is 0 Å². The van der Waals surface area contributed by atoms with Crippen LogP contribution in [0.3, 0.4) is 0 Å². The molecule has 0 amide bonds. The zero-order chi connectivity index (χ0) is 11.4. The number of benzene rings is 1. The van der Waals surface area contributed by atoms with Crippen LogP contribution in [0.2, 0.25) is 0 Å². The fourth-order valence-corrected chi connectivity index (χ4v) is 2.50. The van der Waals surface area contributed by atoms with E-state index in [-0.39, 0.29) is 0 Å². The number of halogens is 1. The van der Waals surface area contributed by atoms with E-state index in [0.29, 0.717) is 6.04 Å². The van der Waals surface area contributed by atoms with Gasteiger partial charge in [0.05, 0.1) is 0 Å². The van der Waals surface area contributed by atoms with E-state index in [1.165, 1.54) is 24.9 Å². The van der Waals surface area contributed by atoms with Gasteiger partial charge < -0.3 is 10.6 Å². The largest absolute Gasteiger partial charge is 0.327 e. The van der Waals surface area contributed by atoms with Gasteiger partial charge in [-0.15, -0.1) is 0 Å². The van der Waals surface area contributed by atoms with Crippen molar-refractivity contribution in [3.05, 3.63) is 34.3 Å². The average molecular weight is 283 g/mol. The quantitative estimate of drug-likeness (QED) is 0.923. The van der Waals surface area contributed by atoms with Gasteiger partial charge in [0.15, 0.2) is 0 Å². The van der Waals surface area contributed by atoms with Gasteiger partial charge in [0.25, 0.3) is 0 Å². The van der Waals surface area contributed by atoms with Crippen molar-refractivity contribution in [2.24, 2.45) is 5.73 Å². The molecular weight excluding hydrogens is 264 g/mol. The lowest BCUT2D eigenvalue weighted by molar-refractivity contribution is 0.211. The molecule has 1 aliphatic rings. The first kappa shape index (κ1) is 12.1. The Balaban J connectivity index is 1.80. The molecule has 0 bridgehead atoms. The summed E-state index contributed by atoms with van der Waals surface area (Å²) in [5.74, 6) is 0. The van der Waals surface area contributed by atoms with Crippen LogP contribution in [0.1, 0.15) is 18.4 Å². The number of likely N-dealkylation sites (tertiary alicyclic amines) is 1. The molecule has 88 valence electrons. The van der Waals surface area contributed by atoms with Crippen molar-refractivity contribution in [2.45, 2.75) is 25.3 Å². The van der Waals surface area contributed by atoms with Crippen molar-refractivity contribution < 1.29 is 0 Å². The highest BCUT2D eigenvalue weighted by atomic mass is 79.9. The SMILES string of the molecule is NC1CCCN(CCc2ccc(Br)cc2)C1. The van der Waals surface area contributed by atoms with Gasteiger partial charge in [-0.1, -0.05) is 28.1 Å². The molecule has 2 rings (SSSR count). The summed E-state index contributed by atoms with van der Waals surface area (Å²) in [7, 11) is 0. The molecule has 1 heterocycles. The van der Waals surface area contributed by atoms with Gasteiger partial charge in [-0.05, 0) is 43.5 Å². The van der Waals surface area contributed by atoms with Crippen LogP contribution in [-0.2, 0) is 6.42 Å². The second-order valence-corrected chi connectivity index (χ2v) is 5.50. The van der Waals surface area contributed by atoms with E-state index in [9.17, 15) is 0 Å². The molecule has 0 radical (unpaired) electrons. The molecule has 1 aromatic carbocycles. The summed E-state index contributed by atoms with van der Waals surface area (Å²) in [5, 5.41) is 0. The van der Waals surface area contributed by atoms with Crippen LogP contribution in [0.5, 0.6) is 0 Å². The number of piperidine rings is 1. The van der Waals surface area contributed by atoms with Crippen molar-refractivity contribution in [1.82, 2.24) is 4.90 Å². The molecule has 0 aromatic heterocycles. The maximum absolute atomic E-state index is 5.97. The van der Waals surface area contributed by atoms with E-state index in [2.05, 4.69) is 45.1 Å². The van der Waals surface area contributed by atoms with Gasteiger partial charge in [0.2, 0.25) is 0 Å². The number of hydrogen-bond donors (Lipinski definition) is 1. The predicted molar refractivity (Wildman–Crippen MR) is 71.5 cm³/mol. The van der Waals surface area contributed by atoms with Gasteiger partial charge in [0.1, 0.15) is 0 Å². The molecule has 1 aliphatic heterocycles. The minimum absolute atomic E-state index is 0.388. The molecule has 2 nitrogen and oxygen atoms in total. The van der Waals surface area contributed by atoms with Crippen molar-refractivity contribution in [3.8, 4) is 0 Å². The van der Waals surface area contributed by atoms with Crippen molar-refractivity contribution in [1.29, 1.82) is 0 Å². The maximum Gasteiger partial charge on any atom is 0.0175 e. The van der Waals surface area contributed by atoms with E-state index in [1.54, 1.807) is 0 Å². The summed E-state index contributed by atoms with van der Waals surface area (Å²) in [6, 6.07) is 8.98. The Kier molecular flexibility index (Phi) is 4.38. The summed E-state index contributed by atoms with van der Waals surface area (Å²) in [4.78, 5) is 2.48. The summed E-state index contributed by atoms with van der Waals surface area (Å²) in [5.41, 5.74) is 7.37. The predicted octanol–water partition coefficient (Wildman–Crippen LogP) is 2.41. The molecule has 0 aliphatic carbocycles. The molecule has 1 atom stereocenters. The Bertz CT molecular complexity index is 323. The fourth-order valence-electron chi connectivity index (χ4n) is 2.23. The first-order valence-corrected chi connectivity index (χ1v) is 6.76. The highest BCUT2D eigenvalue weighted by Crippen LogP contribution is 2.13. The van der Waals surface area contributed by atoms with E-state index >= 15 is 0 Å². The Morgan fingerprint density at radius 2 is 2.06 bits per heavy atom. The minimum atomic E-state index is 0.388. The molecule has 1 saturated heterocycles. The maximum atomic E-state index is 5.97. The Labute approximate surface area is 106 Å². The van der Waals surface area contributed by atoms with Gasteiger partial charge in [0, 0.05) is 23.6 Å². The fraction of sp³-hybridized carbons (Fsp3) is 0.538. The van der Waals surface area contributed by atoms with Gasteiger partial charge >= 0.3 is 0 Å². The van der Waals surface area contributed by atoms with E-state index in [1.807, 2.05) is 0 Å². The molecule has 1 fully saturated rings. The summed E-state index contributed by atoms with van der Waals surface area (Å²) < 4.78 is 1.15. The smallest absolute Gasteiger partial charge is 0.0175 e. The van der Waals surface area contributed by atoms with E-state index in [4.69, 9.17) is 5.73 Å².